The maximum absolute atomic E-state index is 12.5. The zero-order valence-corrected chi connectivity index (χ0v) is 19.8. The third kappa shape index (κ3) is 4.11. The van der Waals surface area contributed by atoms with Crippen LogP contribution >= 0.6 is 22.9 Å². The summed E-state index contributed by atoms with van der Waals surface area (Å²) in [5, 5.41) is 17.3. The number of oxazole rings is 1. The molecule has 3 aliphatic heterocycles. The smallest absolute Gasteiger partial charge is 0.321 e. The highest BCUT2D eigenvalue weighted by atomic mass is 35.5. The van der Waals surface area contributed by atoms with Crippen molar-refractivity contribution in [3.8, 4) is 0 Å². The van der Waals surface area contributed by atoms with Gasteiger partial charge in [-0.25, -0.2) is 9.78 Å². The van der Waals surface area contributed by atoms with E-state index in [-0.39, 0.29) is 18.6 Å². The molecule has 1 aromatic carbocycles. The van der Waals surface area contributed by atoms with E-state index in [1.54, 1.807) is 12.1 Å². The Morgan fingerprint density at radius 1 is 1.26 bits per heavy atom. The van der Waals surface area contributed by atoms with Gasteiger partial charge in [0.1, 0.15) is 5.52 Å². The van der Waals surface area contributed by atoms with Crippen LogP contribution in [-0.2, 0) is 15.9 Å². The van der Waals surface area contributed by atoms with Crippen molar-refractivity contribution in [1.82, 2.24) is 15.3 Å². The molecule has 2 fully saturated rings. The number of nitrogens with one attached hydrogen (secondary N) is 2. The lowest BCUT2D eigenvalue weighted by Gasteiger charge is -2.43. The molecule has 0 saturated carbocycles. The fraction of sp³-hybridized carbons (Fsp3) is 0.500. The molecular formula is C22H24ClN5O5S. The Balaban J connectivity index is 1.19. The molecule has 12 heteroatoms. The number of nitrogens with zero attached hydrogens (tertiary/aromatic N) is 3. The van der Waals surface area contributed by atoms with Gasteiger partial charge < -0.3 is 29.2 Å². The van der Waals surface area contributed by atoms with E-state index in [4.69, 9.17) is 25.5 Å². The van der Waals surface area contributed by atoms with Gasteiger partial charge in [-0.1, -0.05) is 22.9 Å². The molecule has 2 bridgehead atoms. The molecule has 3 N–H and O–H groups in total. The second-order valence-electron chi connectivity index (χ2n) is 8.90. The van der Waals surface area contributed by atoms with Gasteiger partial charge in [0, 0.05) is 44.0 Å². The maximum Gasteiger partial charge on any atom is 0.321 e. The Labute approximate surface area is 204 Å². The second-order valence-corrected chi connectivity index (χ2v) is 10.4. The van der Waals surface area contributed by atoms with Crippen LogP contribution in [0.1, 0.15) is 29.5 Å². The number of halogens is 1. The average Bonchev–Trinajstić information content (AvgIpc) is 3.41. The molecule has 2 amide bonds. The number of rotatable bonds is 4. The fourth-order valence-electron chi connectivity index (χ4n) is 4.74. The predicted molar refractivity (Wildman–Crippen MR) is 127 cm³/mol. The van der Waals surface area contributed by atoms with E-state index in [0.717, 1.165) is 10.6 Å². The number of urea groups is 1. The number of carbonyl (C=O) groups excluding carboxylic acids is 1. The number of thiazole rings is 1. The van der Waals surface area contributed by atoms with Crippen LogP contribution in [0.2, 0.25) is 5.02 Å². The molecule has 10 nitrogen and oxygen atoms in total. The molecule has 2 atom stereocenters. The summed E-state index contributed by atoms with van der Waals surface area (Å²) in [5.41, 5.74) is 1.41. The van der Waals surface area contributed by atoms with Crippen LogP contribution in [0.5, 0.6) is 0 Å². The number of anilines is 2. The molecule has 2 aromatic heterocycles. The highest BCUT2D eigenvalue weighted by Crippen LogP contribution is 2.43. The van der Waals surface area contributed by atoms with Crippen LogP contribution < -0.4 is 15.5 Å². The van der Waals surface area contributed by atoms with Gasteiger partial charge in [-0.15, -0.1) is 0 Å². The van der Waals surface area contributed by atoms with Crippen LogP contribution in [0.15, 0.2) is 22.6 Å². The quantitative estimate of drug-likeness (QED) is 0.494. The molecule has 6 rings (SSSR count). The zero-order chi connectivity index (χ0) is 23.3. The summed E-state index contributed by atoms with van der Waals surface area (Å²) < 4.78 is 17.2. The van der Waals surface area contributed by atoms with Crippen LogP contribution in [0.3, 0.4) is 0 Å². The average molecular weight is 506 g/mol. The number of carbonyl (C=O) groups is 1. The van der Waals surface area contributed by atoms with Crippen LogP contribution in [0.25, 0.3) is 11.1 Å². The third-order valence-corrected chi connectivity index (χ3v) is 7.90. The summed E-state index contributed by atoms with van der Waals surface area (Å²) in [7, 11) is 0. The summed E-state index contributed by atoms with van der Waals surface area (Å²) in [6.07, 6.45) is 1.66. The Bertz CT molecular complexity index is 1230. The maximum atomic E-state index is 12.5. The number of fused-ring (bicyclic) bond motifs is 5. The number of benzene rings is 1. The summed E-state index contributed by atoms with van der Waals surface area (Å²) in [6, 6.07) is 5.45. The van der Waals surface area contributed by atoms with E-state index < -0.39 is 11.6 Å². The van der Waals surface area contributed by atoms with Crippen molar-refractivity contribution < 1.29 is 23.8 Å². The summed E-state index contributed by atoms with van der Waals surface area (Å²) in [5.74, 6) is 0. The molecule has 5 heterocycles. The van der Waals surface area contributed by atoms with E-state index in [2.05, 4.69) is 25.5 Å². The van der Waals surface area contributed by atoms with Crippen molar-refractivity contribution in [3.05, 3.63) is 33.8 Å². The first-order valence-corrected chi connectivity index (χ1v) is 12.4. The number of hydrogen-bond donors (Lipinski definition) is 3. The van der Waals surface area contributed by atoms with E-state index in [0.29, 0.717) is 73.0 Å². The van der Waals surface area contributed by atoms with Gasteiger partial charge in [0.2, 0.25) is 0 Å². The highest BCUT2D eigenvalue weighted by molar-refractivity contribution is 7.16. The molecule has 3 aromatic rings. The number of aromatic nitrogens is 2. The standard InChI is InChI=1S/C22H24ClN5O5S/c23-12-1-2-17-14(7-12)26-21(33-17)28-13-8-15-18(16(28)10-32-9-13)34-20(25-15)27-19(29)24-11-22(30)3-5-31-6-4-22/h1-2,7,13,16,30H,3-6,8-11H2,(H2,24,25,27,29)/t13-,16-/m0/s1. The van der Waals surface area contributed by atoms with Gasteiger partial charge in [0.25, 0.3) is 6.01 Å². The van der Waals surface area contributed by atoms with Crippen LogP contribution in [0.4, 0.5) is 15.9 Å². The molecular weight excluding hydrogens is 482 g/mol. The van der Waals surface area contributed by atoms with Gasteiger partial charge >= 0.3 is 6.03 Å². The summed E-state index contributed by atoms with van der Waals surface area (Å²) in [6.45, 7) is 2.17. The minimum atomic E-state index is -0.934. The van der Waals surface area contributed by atoms with Crippen LogP contribution in [-0.4, -0.2) is 65.7 Å². The summed E-state index contributed by atoms with van der Waals surface area (Å²) in [4.78, 5) is 25.0. The van der Waals surface area contributed by atoms with Crippen LogP contribution in [0, 0.1) is 0 Å². The molecule has 2 saturated heterocycles. The van der Waals surface area contributed by atoms with Crippen molar-refractivity contribution in [2.45, 2.75) is 36.9 Å². The summed E-state index contributed by atoms with van der Waals surface area (Å²) >= 11 is 7.54. The molecule has 34 heavy (non-hydrogen) atoms. The number of morpholine rings is 1. The fourth-order valence-corrected chi connectivity index (χ4v) is 5.98. The normalized spacial score (nSPS) is 23.5. The Hall–Kier alpha value is -2.44. The zero-order valence-electron chi connectivity index (χ0n) is 18.3. The minimum absolute atomic E-state index is 0.0290. The first kappa shape index (κ1) is 22.1. The lowest BCUT2D eigenvalue weighted by Crippen LogP contribution is -2.51. The number of aliphatic hydroxyl groups is 1. The molecule has 0 unspecified atom stereocenters. The number of amides is 2. The van der Waals surface area contributed by atoms with Crippen molar-refractivity contribution >= 4 is 51.2 Å². The minimum Gasteiger partial charge on any atom is -0.423 e. The van der Waals surface area contributed by atoms with Crippen molar-refractivity contribution in [3.63, 3.8) is 0 Å². The van der Waals surface area contributed by atoms with E-state index in [1.807, 2.05) is 6.07 Å². The predicted octanol–water partition coefficient (Wildman–Crippen LogP) is 3.10. The number of hydrogen-bond acceptors (Lipinski definition) is 9. The van der Waals surface area contributed by atoms with Gasteiger partial charge in [-0.3, -0.25) is 5.32 Å². The molecule has 0 radical (unpaired) electrons. The van der Waals surface area contributed by atoms with Gasteiger partial charge in [-0.05, 0) is 18.2 Å². The first-order chi connectivity index (χ1) is 16.5. The SMILES string of the molecule is O=C(NCC1(O)CCOCC1)Nc1nc2c(s1)[C@@H]1COC[C@H](C2)N1c1nc2cc(Cl)ccc2o1. The molecule has 0 spiro atoms. The Morgan fingerprint density at radius 2 is 2.12 bits per heavy atom. The largest absolute Gasteiger partial charge is 0.423 e. The van der Waals surface area contributed by atoms with Gasteiger partial charge in [-0.2, -0.15) is 4.98 Å². The van der Waals surface area contributed by atoms with Crippen molar-refractivity contribution in [2.75, 3.05) is 43.2 Å². The highest BCUT2D eigenvalue weighted by Gasteiger charge is 2.43. The number of ether oxygens (including phenoxy) is 2. The first-order valence-electron chi connectivity index (χ1n) is 11.2. The monoisotopic (exact) mass is 505 g/mol. The van der Waals surface area contributed by atoms with E-state index in [9.17, 15) is 9.90 Å². The Morgan fingerprint density at radius 3 is 2.97 bits per heavy atom. The van der Waals surface area contributed by atoms with Crippen molar-refractivity contribution in [1.29, 1.82) is 0 Å². The second kappa shape index (κ2) is 8.65. The third-order valence-electron chi connectivity index (χ3n) is 6.56. The van der Waals surface area contributed by atoms with Gasteiger partial charge in [0.05, 0.1) is 41.5 Å². The molecule has 180 valence electrons. The lowest BCUT2D eigenvalue weighted by atomic mass is 9.94. The topological polar surface area (TPSA) is 122 Å². The lowest BCUT2D eigenvalue weighted by molar-refractivity contribution is -0.0598. The van der Waals surface area contributed by atoms with Gasteiger partial charge in [0.15, 0.2) is 10.7 Å². The van der Waals surface area contributed by atoms with Crippen molar-refractivity contribution in [2.24, 2.45) is 0 Å². The molecule has 3 aliphatic rings. The Kier molecular flexibility index (Phi) is 5.61. The van der Waals surface area contributed by atoms with E-state index in [1.165, 1.54) is 11.3 Å². The van der Waals surface area contributed by atoms with E-state index >= 15 is 0 Å². The molecule has 0 aliphatic carbocycles.